The standard InChI is InChI=1S/C25H30F2N4O3/c1-31(19-9-4-3-5-10-19)16-18-8-6-7-11-20(18)28-15-23-29-24(30-34-23)17-12-13-21(33-25(26)27)22(14-17)32-2/h6-8,11-14,19,25,28H,3-5,9-10,15-16H2,1-2H3. The lowest BCUT2D eigenvalue weighted by atomic mass is 9.94. The monoisotopic (exact) mass is 472 g/mol. The smallest absolute Gasteiger partial charge is 0.387 e. The first kappa shape index (κ1) is 23.9. The van der Waals surface area contributed by atoms with E-state index in [0.717, 1.165) is 12.2 Å². The van der Waals surface area contributed by atoms with Crippen molar-refractivity contribution in [3.8, 4) is 22.9 Å². The number of hydrogen-bond donors (Lipinski definition) is 1. The summed E-state index contributed by atoms with van der Waals surface area (Å²) in [7, 11) is 3.58. The largest absolute Gasteiger partial charge is 0.493 e. The number of para-hydroxylation sites is 1. The molecule has 0 spiro atoms. The van der Waals surface area contributed by atoms with E-state index < -0.39 is 6.61 Å². The van der Waals surface area contributed by atoms with Gasteiger partial charge in [0.2, 0.25) is 11.7 Å². The lowest BCUT2D eigenvalue weighted by Crippen LogP contribution is -2.33. The highest BCUT2D eigenvalue weighted by atomic mass is 19.3. The van der Waals surface area contributed by atoms with Crippen LogP contribution < -0.4 is 14.8 Å². The SMILES string of the molecule is COc1cc(-c2noc(CNc3ccccc3CN(C)C3CCCCC3)n2)ccc1OC(F)F. The Morgan fingerprint density at radius 2 is 1.91 bits per heavy atom. The van der Waals surface area contributed by atoms with Crippen LogP contribution in [-0.4, -0.2) is 41.9 Å². The quantitative estimate of drug-likeness (QED) is 0.404. The summed E-state index contributed by atoms with van der Waals surface area (Å²) in [6, 6.07) is 13.4. The number of hydrogen-bond acceptors (Lipinski definition) is 7. The van der Waals surface area contributed by atoms with Gasteiger partial charge in [-0.3, -0.25) is 4.90 Å². The molecule has 1 heterocycles. The molecule has 0 amide bonds. The van der Waals surface area contributed by atoms with Crippen molar-refractivity contribution in [2.24, 2.45) is 0 Å². The van der Waals surface area contributed by atoms with Crippen molar-refractivity contribution >= 4 is 5.69 Å². The third-order valence-electron chi connectivity index (χ3n) is 6.17. The minimum absolute atomic E-state index is 0.0542. The average molecular weight is 473 g/mol. The summed E-state index contributed by atoms with van der Waals surface area (Å²) in [4.78, 5) is 6.87. The van der Waals surface area contributed by atoms with E-state index in [1.165, 1.54) is 56.9 Å². The van der Waals surface area contributed by atoms with E-state index >= 15 is 0 Å². The molecule has 0 radical (unpaired) electrons. The fourth-order valence-corrected chi connectivity index (χ4v) is 4.37. The molecule has 1 aliphatic rings. The highest BCUT2D eigenvalue weighted by molar-refractivity contribution is 5.60. The van der Waals surface area contributed by atoms with Gasteiger partial charge in [0.1, 0.15) is 0 Å². The van der Waals surface area contributed by atoms with Crippen LogP contribution in [0.4, 0.5) is 14.5 Å². The van der Waals surface area contributed by atoms with Crippen LogP contribution in [0, 0.1) is 0 Å². The van der Waals surface area contributed by atoms with Crippen molar-refractivity contribution < 1.29 is 22.8 Å². The normalized spacial score (nSPS) is 14.5. The Balaban J connectivity index is 1.41. The molecular formula is C25H30F2N4O3. The number of halogens is 2. The maximum absolute atomic E-state index is 12.6. The Hall–Kier alpha value is -3.20. The summed E-state index contributed by atoms with van der Waals surface area (Å²) in [5, 5.41) is 7.42. The Labute approximate surface area is 198 Å². The third kappa shape index (κ3) is 6.02. The Kier molecular flexibility index (Phi) is 7.95. The van der Waals surface area contributed by atoms with Crippen molar-refractivity contribution in [1.82, 2.24) is 15.0 Å². The maximum Gasteiger partial charge on any atom is 0.387 e. The fraction of sp³-hybridized carbons (Fsp3) is 0.440. The molecule has 9 heteroatoms. The van der Waals surface area contributed by atoms with Gasteiger partial charge in [-0.1, -0.05) is 42.6 Å². The molecule has 0 atom stereocenters. The number of methoxy groups -OCH3 is 1. The van der Waals surface area contributed by atoms with Gasteiger partial charge >= 0.3 is 6.61 Å². The summed E-state index contributed by atoms with van der Waals surface area (Å²) in [6.45, 7) is -1.70. The molecule has 0 unspecified atom stereocenters. The number of alkyl halides is 2. The van der Waals surface area contributed by atoms with Crippen LogP contribution in [-0.2, 0) is 13.1 Å². The fourth-order valence-electron chi connectivity index (χ4n) is 4.37. The number of benzene rings is 2. The second kappa shape index (κ2) is 11.3. The highest BCUT2D eigenvalue weighted by Crippen LogP contribution is 2.32. The molecule has 1 aliphatic carbocycles. The molecular weight excluding hydrogens is 442 g/mol. The van der Waals surface area contributed by atoms with Crippen molar-refractivity contribution in [3.63, 3.8) is 0 Å². The summed E-state index contributed by atoms with van der Waals surface area (Å²) >= 11 is 0. The Bertz CT molecular complexity index is 1070. The topological polar surface area (TPSA) is 72.7 Å². The Morgan fingerprint density at radius 3 is 2.68 bits per heavy atom. The van der Waals surface area contributed by atoms with E-state index in [-0.39, 0.29) is 11.5 Å². The zero-order chi connectivity index (χ0) is 23.9. The number of rotatable bonds is 10. The maximum atomic E-state index is 12.6. The zero-order valence-electron chi connectivity index (χ0n) is 19.5. The van der Waals surface area contributed by atoms with Crippen LogP contribution in [0.25, 0.3) is 11.4 Å². The molecule has 1 fully saturated rings. The molecule has 0 aliphatic heterocycles. The van der Waals surface area contributed by atoms with Crippen LogP contribution in [0.5, 0.6) is 11.5 Å². The molecule has 4 rings (SSSR count). The molecule has 3 aromatic rings. The summed E-state index contributed by atoms with van der Waals surface area (Å²) in [5.74, 6) is 0.862. The minimum atomic E-state index is -2.94. The summed E-state index contributed by atoms with van der Waals surface area (Å²) < 4.78 is 40.1. The van der Waals surface area contributed by atoms with Crippen molar-refractivity contribution in [2.45, 2.75) is 57.8 Å². The van der Waals surface area contributed by atoms with Gasteiger partial charge in [-0.05, 0) is 49.7 Å². The number of nitrogens with zero attached hydrogens (tertiary/aromatic N) is 3. The van der Waals surface area contributed by atoms with Crippen LogP contribution in [0.15, 0.2) is 47.0 Å². The molecule has 0 saturated heterocycles. The second-order valence-corrected chi connectivity index (χ2v) is 8.47. The number of aromatic nitrogens is 2. The van der Waals surface area contributed by atoms with E-state index in [0.29, 0.717) is 29.9 Å². The Morgan fingerprint density at radius 1 is 1.12 bits per heavy atom. The molecule has 182 valence electrons. The molecule has 1 N–H and O–H groups in total. The molecule has 34 heavy (non-hydrogen) atoms. The van der Waals surface area contributed by atoms with Crippen molar-refractivity contribution in [3.05, 3.63) is 53.9 Å². The molecule has 0 bridgehead atoms. The third-order valence-corrected chi connectivity index (χ3v) is 6.17. The van der Waals surface area contributed by atoms with E-state index in [2.05, 4.69) is 44.3 Å². The number of nitrogens with one attached hydrogen (secondary N) is 1. The van der Waals surface area contributed by atoms with E-state index in [1.807, 2.05) is 12.1 Å². The van der Waals surface area contributed by atoms with Gasteiger partial charge in [-0.2, -0.15) is 13.8 Å². The van der Waals surface area contributed by atoms with Crippen molar-refractivity contribution in [1.29, 1.82) is 0 Å². The first-order valence-corrected chi connectivity index (χ1v) is 11.5. The van der Waals surface area contributed by atoms with Gasteiger partial charge in [0.05, 0.1) is 13.7 Å². The molecule has 2 aromatic carbocycles. The summed E-state index contributed by atoms with van der Waals surface area (Å²) in [5.41, 5.74) is 2.82. The van der Waals surface area contributed by atoms with E-state index in [4.69, 9.17) is 9.26 Å². The van der Waals surface area contributed by atoms with Gasteiger partial charge in [-0.15, -0.1) is 0 Å². The first-order chi connectivity index (χ1) is 16.5. The number of ether oxygens (including phenoxy) is 2. The molecule has 7 nitrogen and oxygen atoms in total. The zero-order valence-corrected chi connectivity index (χ0v) is 19.5. The number of anilines is 1. The van der Waals surface area contributed by atoms with Gasteiger partial charge in [0.25, 0.3) is 0 Å². The highest BCUT2D eigenvalue weighted by Gasteiger charge is 2.19. The van der Waals surface area contributed by atoms with Crippen LogP contribution in [0.3, 0.4) is 0 Å². The molecule has 1 saturated carbocycles. The van der Waals surface area contributed by atoms with Gasteiger partial charge < -0.3 is 19.3 Å². The second-order valence-electron chi connectivity index (χ2n) is 8.47. The average Bonchev–Trinajstić information content (AvgIpc) is 3.33. The van der Waals surface area contributed by atoms with Crippen LogP contribution in [0.2, 0.25) is 0 Å². The summed E-state index contributed by atoms with van der Waals surface area (Å²) in [6.07, 6.45) is 6.48. The predicted octanol–water partition coefficient (Wildman–Crippen LogP) is 5.72. The molecule has 1 aromatic heterocycles. The van der Waals surface area contributed by atoms with Crippen LogP contribution in [0.1, 0.15) is 43.6 Å². The lowest BCUT2D eigenvalue weighted by Gasteiger charge is -2.31. The van der Waals surface area contributed by atoms with Gasteiger partial charge in [0, 0.05) is 23.8 Å². The van der Waals surface area contributed by atoms with Crippen LogP contribution >= 0.6 is 0 Å². The predicted molar refractivity (Wildman–Crippen MR) is 125 cm³/mol. The lowest BCUT2D eigenvalue weighted by molar-refractivity contribution is -0.0512. The van der Waals surface area contributed by atoms with E-state index in [9.17, 15) is 8.78 Å². The minimum Gasteiger partial charge on any atom is -0.493 e. The van der Waals surface area contributed by atoms with E-state index in [1.54, 1.807) is 6.07 Å². The van der Waals surface area contributed by atoms with Crippen molar-refractivity contribution in [2.75, 3.05) is 19.5 Å². The first-order valence-electron chi connectivity index (χ1n) is 11.5. The van der Waals surface area contributed by atoms with Gasteiger partial charge in [0.15, 0.2) is 11.5 Å². The van der Waals surface area contributed by atoms with Gasteiger partial charge in [-0.25, -0.2) is 0 Å².